The normalized spacial score (nSPS) is 39.0. The van der Waals surface area contributed by atoms with Crippen molar-refractivity contribution < 1.29 is 4.74 Å². The molecule has 13 heavy (non-hydrogen) atoms. The Bertz CT molecular complexity index is 185. The first-order valence-corrected chi connectivity index (χ1v) is 5.84. The van der Waals surface area contributed by atoms with Gasteiger partial charge in [-0.15, -0.1) is 11.6 Å². The van der Waals surface area contributed by atoms with Crippen LogP contribution >= 0.6 is 11.6 Å². The first-order chi connectivity index (χ1) is 6.10. The molecule has 2 atom stereocenters. The van der Waals surface area contributed by atoms with Crippen LogP contribution in [0.25, 0.3) is 0 Å². The average Bonchev–Trinajstić information content (AvgIpc) is 2.56. The fourth-order valence-electron chi connectivity index (χ4n) is 2.32. The molecule has 0 aromatic heterocycles. The molecule has 2 heteroatoms. The third-order valence-electron chi connectivity index (χ3n) is 3.72. The largest absolute Gasteiger partial charge is 0.374 e. The summed E-state index contributed by atoms with van der Waals surface area (Å²) in [5.74, 6) is 0. The van der Waals surface area contributed by atoms with Gasteiger partial charge in [0, 0.05) is 10.8 Å². The van der Waals surface area contributed by atoms with Gasteiger partial charge in [-0.25, -0.2) is 0 Å². The van der Waals surface area contributed by atoms with Gasteiger partial charge >= 0.3 is 0 Å². The van der Waals surface area contributed by atoms with Crippen molar-refractivity contribution in [3.8, 4) is 0 Å². The molecule has 2 rings (SSSR count). The zero-order valence-electron chi connectivity index (χ0n) is 8.55. The summed E-state index contributed by atoms with van der Waals surface area (Å²) < 4.78 is 6.05. The monoisotopic (exact) mass is 202 g/mol. The van der Waals surface area contributed by atoms with E-state index in [0.717, 1.165) is 6.42 Å². The fourth-order valence-corrected chi connectivity index (χ4v) is 2.63. The van der Waals surface area contributed by atoms with Crippen molar-refractivity contribution in [2.24, 2.45) is 5.41 Å². The average molecular weight is 203 g/mol. The number of hydrogen-bond acceptors (Lipinski definition) is 1. The minimum atomic E-state index is 0.199. The minimum Gasteiger partial charge on any atom is -0.374 e. The SMILES string of the molecule is CC1(C)C(Cl)CC1OC1CCCC1. The lowest BCUT2D eigenvalue weighted by molar-refractivity contribution is -0.121. The Hall–Kier alpha value is 0.250. The third-order valence-corrected chi connectivity index (χ3v) is 4.46. The van der Waals surface area contributed by atoms with Crippen LogP contribution in [0.4, 0.5) is 0 Å². The number of hydrogen-bond donors (Lipinski definition) is 0. The molecule has 76 valence electrons. The van der Waals surface area contributed by atoms with E-state index >= 15 is 0 Å². The van der Waals surface area contributed by atoms with Gasteiger partial charge in [-0.3, -0.25) is 0 Å². The predicted octanol–water partition coefficient (Wildman–Crippen LogP) is 3.35. The smallest absolute Gasteiger partial charge is 0.0658 e. The van der Waals surface area contributed by atoms with Crippen LogP contribution in [0.5, 0.6) is 0 Å². The summed E-state index contributed by atoms with van der Waals surface area (Å²) in [6.45, 7) is 4.43. The van der Waals surface area contributed by atoms with Crippen LogP contribution in [0, 0.1) is 5.41 Å². The second kappa shape index (κ2) is 3.43. The maximum atomic E-state index is 6.14. The lowest BCUT2D eigenvalue weighted by atomic mass is 9.68. The van der Waals surface area contributed by atoms with E-state index in [-0.39, 0.29) is 5.41 Å². The van der Waals surface area contributed by atoms with Gasteiger partial charge in [0.1, 0.15) is 0 Å². The molecule has 2 aliphatic carbocycles. The third kappa shape index (κ3) is 1.73. The van der Waals surface area contributed by atoms with Gasteiger partial charge in [0.2, 0.25) is 0 Å². The second-order valence-electron chi connectivity index (χ2n) is 5.06. The van der Waals surface area contributed by atoms with E-state index in [1.165, 1.54) is 25.7 Å². The molecule has 2 unspecified atom stereocenters. The summed E-state index contributed by atoms with van der Waals surface area (Å²) >= 11 is 6.14. The summed E-state index contributed by atoms with van der Waals surface area (Å²) in [6, 6.07) is 0. The molecule has 0 amide bonds. The molecule has 1 nitrogen and oxygen atoms in total. The van der Waals surface area contributed by atoms with Gasteiger partial charge < -0.3 is 4.74 Å². The molecule has 0 heterocycles. The van der Waals surface area contributed by atoms with E-state index in [9.17, 15) is 0 Å². The first-order valence-electron chi connectivity index (χ1n) is 5.40. The van der Waals surface area contributed by atoms with Crippen molar-refractivity contribution in [2.45, 2.75) is 63.5 Å². The highest BCUT2D eigenvalue weighted by molar-refractivity contribution is 6.21. The van der Waals surface area contributed by atoms with Crippen LogP contribution in [0.3, 0.4) is 0 Å². The van der Waals surface area contributed by atoms with Gasteiger partial charge in [0.15, 0.2) is 0 Å². The van der Waals surface area contributed by atoms with E-state index in [0.29, 0.717) is 17.6 Å². The van der Waals surface area contributed by atoms with E-state index in [1.54, 1.807) is 0 Å². The molecule has 0 aromatic rings. The zero-order chi connectivity index (χ0) is 9.47. The predicted molar refractivity (Wildman–Crippen MR) is 55.2 cm³/mol. The van der Waals surface area contributed by atoms with Gasteiger partial charge in [-0.2, -0.15) is 0 Å². The molecule has 2 saturated carbocycles. The van der Waals surface area contributed by atoms with Crippen molar-refractivity contribution in [1.29, 1.82) is 0 Å². The quantitative estimate of drug-likeness (QED) is 0.624. The summed E-state index contributed by atoms with van der Waals surface area (Å²) in [6.07, 6.45) is 7.22. The van der Waals surface area contributed by atoms with E-state index in [1.807, 2.05) is 0 Å². The van der Waals surface area contributed by atoms with Gasteiger partial charge in [-0.1, -0.05) is 26.7 Å². The maximum Gasteiger partial charge on any atom is 0.0658 e. The van der Waals surface area contributed by atoms with Gasteiger partial charge in [0.25, 0.3) is 0 Å². The van der Waals surface area contributed by atoms with Crippen LogP contribution in [0.15, 0.2) is 0 Å². The Labute approximate surface area is 85.8 Å². The van der Waals surface area contributed by atoms with Crippen LogP contribution < -0.4 is 0 Å². The van der Waals surface area contributed by atoms with Crippen molar-refractivity contribution in [2.75, 3.05) is 0 Å². The van der Waals surface area contributed by atoms with Crippen LogP contribution in [0.1, 0.15) is 46.0 Å². The van der Waals surface area contributed by atoms with Crippen LogP contribution in [-0.4, -0.2) is 17.6 Å². The van der Waals surface area contributed by atoms with Crippen molar-refractivity contribution in [3.63, 3.8) is 0 Å². The molecule has 0 radical (unpaired) electrons. The highest BCUT2D eigenvalue weighted by Gasteiger charge is 2.48. The maximum absolute atomic E-state index is 6.14. The number of ether oxygens (including phenoxy) is 1. The Morgan fingerprint density at radius 1 is 1.23 bits per heavy atom. The molecule has 0 spiro atoms. The summed E-state index contributed by atoms with van der Waals surface area (Å²) in [5.41, 5.74) is 0.199. The summed E-state index contributed by atoms with van der Waals surface area (Å²) in [5, 5.41) is 0.318. The summed E-state index contributed by atoms with van der Waals surface area (Å²) in [7, 11) is 0. The van der Waals surface area contributed by atoms with E-state index in [4.69, 9.17) is 16.3 Å². The van der Waals surface area contributed by atoms with Crippen LogP contribution in [-0.2, 0) is 4.74 Å². The topological polar surface area (TPSA) is 9.23 Å². The molecule has 2 fully saturated rings. The molecule has 0 bridgehead atoms. The Kier molecular flexibility index (Phi) is 2.59. The second-order valence-corrected chi connectivity index (χ2v) is 5.58. The standard InChI is InChI=1S/C11H19ClO/c1-11(2)9(12)7-10(11)13-8-5-3-4-6-8/h8-10H,3-7H2,1-2H3. The highest BCUT2D eigenvalue weighted by atomic mass is 35.5. The molecular formula is C11H19ClO. The van der Waals surface area contributed by atoms with Crippen LogP contribution in [0.2, 0.25) is 0 Å². The molecule has 0 N–H and O–H groups in total. The molecular weight excluding hydrogens is 184 g/mol. The van der Waals surface area contributed by atoms with Crippen molar-refractivity contribution >= 4 is 11.6 Å². The van der Waals surface area contributed by atoms with E-state index < -0.39 is 0 Å². The fraction of sp³-hybridized carbons (Fsp3) is 1.00. The highest BCUT2D eigenvalue weighted by Crippen LogP contribution is 2.47. The lowest BCUT2D eigenvalue weighted by Gasteiger charge is -2.49. The number of alkyl halides is 1. The van der Waals surface area contributed by atoms with E-state index in [2.05, 4.69) is 13.8 Å². The first kappa shape index (κ1) is 9.79. The number of halogens is 1. The molecule has 2 aliphatic rings. The Morgan fingerprint density at radius 2 is 1.85 bits per heavy atom. The van der Waals surface area contributed by atoms with Crippen molar-refractivity contribution in [1.82, 2.24) is 0 Å². The minimum absolute atomic E-state index is 0.199. The molecule has 0 saturated heterocycles. The number of rotatable bonds is 2. The van der Waals surface area contributed by atoms with Gasteiger partial charge in [0.05, 0.1) is 12.2 Å². The van der Waals surface area contributed by atoms with Gasteiger partial charge in [-0.05, 0) is 19.3 Å². The zero-order valence-corrected chi connectivity index (χ0v) is 9.31. The van der Waals surface area contributed by atoms with Crippen molar-refractivity contribution in [3.05, 3.63) is 0 Å². The summed E-state index contributed by atoms with van der Waals surface area (Å²) in [4.78, 5) is 0. The Morgan fingerprint density at radius 3 is 2.31 bits per heavy atom. The lowest BCUT2D eigenvalue weighted by Crippen LogP contribution is -2.52. The molecule has 0 aromatic carbocycles. The Balaban J connectivity index is 1.83. The molecule has 0 aliphatic heterocycles.